The van der Waals surface area contributed by atoms with Gasteiger partial charge in [-0.15, -0.1) is 0 Å². The lowest BCUT2D eigenvalue weighted by molar-refractivity contribution is -0.122. The second kappa shape index (κ2) is 11.9. The quantitative estimate of drug-likeness (QED) is 0.633. The van der Waals surface area contributed by atoms with Crippen molar-refractivity contribution in [1.29, 1.82) is 5.26 Å². The highest BCUT2D eigenvalue weighted by Gasteiger charge is 2.22. The number of nitrogens with zero attached hydrogens (tertiary/aromatic N) is 2. The second-order valence-electron chi connectivity index (χ2n) is 7.96. The maximum Gasteiger partial charge on any atom is 0.251 e. The molecule has 1 saturated heterocycles. The first-order valence-corrected chi connectivity index (χ1v) is 11.1. The van der Waals surface area contributed by atoms with Gasteiger partial charge in [-0.25, -0.2) is 0 Å². The Morgan fingerprint density at radius 2 is 1.94 bits per heavy atom. The molecule has 1 fully saturated rings. The van der Waals surface area contributed by atoms with Crippen molar-refractivity contribution in [2.75, 3.05) is 26.2 Å². The molecule has 2 aromatic carbocycles. The fourth-order valence-corrected chi connectivity index (χ4v) is 3.67. The van der Waals surface area contributed by atoms with Crippen LogP contribution in [-0.2, 0) is 11.4 Å². The minimum atomic E-state index is -0.132. The van der Waals surface area contributed by atoms with Gasteiger partial charge in [-0.1, -0.05) is 31.2 Å². The first-order valence-electron chi connectivity index (χ1n) is 11.1. The number of piperidine rings is 1. The Bertz CT molecular complexity index is 962. The van der Waals surface area contributed by atoms with Crippen LogP contribution in [0.2, 0.25) is 0 Å². The van der Waals surface area contributed by atoms with E-state index < -0.39 is 0 Å². The Morgan fingerprint density at radius 1 is 1.16 bits per heavy atom. The third-order valence-corrected chi connectivity index (χ3v) is 5.49. The van der Waals surface area contributed by atoms with Gasteiger partial charge in [-0.2, -0.15) is 5.26 Å². The molecule has 0 radical (unpaired) electrons. The molecule has 0 aromatic heterocycles. The molecule has 32 heavy (non-hydrogen) atoms. The fraction of sp³-hybridized carbons (Fsp3) is 0.400. The van der Waals surface area contributed by atoms with Crippen LogP contribution in [-0.4, -0.2) is 48.9 Å². The number of rotatable bonds is 9. The molecule has 7 nitrogen and oxygen atoms in total. The van der Waals surface area contributed by atoms with Crippen LogP contribution in [0.5, 0.6) is 5.75 Å². The average Bonchev–Trinajstić information content (AvgIpc) is 2.83. The molecule has 1 aliphatic rings. The van der Waals surface area contributed by atoms with Crippen LogP contribution >= 0.6 is 0 Å². The van der Waals surface area contributed by atoms with Gasteiger partial charge in [0.1, 0.15) is 12.4 Å². The van der Waals surface area contributed by atoms with Gasteiger partial charge >= 0.3 is 0 Å². The third kappa shape index (κ3) is 6.82. The summed E-state index contributed by atoms with van der Waals surface area (Å²) >= 11 is 0. The summed E-state index contributed by atoms with van der Waals surface area (Å²) in [4.78, 5) is 26.7. The van der Waals surface area contributed by atoms with Crippen LogP contribution in [0.4, 0.5) is 0 Å². The van der Waals surface area contributed by atoms with Crippen molar-refractivity contribution >= 4 is 11.8 Å². The summed E-state index contributed by atoms with van der Waals surface area (Å²) in [6.45, 7) is 4.98. The van der Waals surface area contributed by atoms with E-state index in [2.05, 4.69) is 21.6 Å². The molecule has 1 heterocycles. The number of likely N-dealkylation sites (tertiary alicyclic amines) is 1. The number of carbonyl (C=O) groups excluding carboxylic acids is 2. The zero-order chi connectivity index (χ0) is 22.8. The van der Waals surface area contributed by atoms with Gasteiger partial charge in [0.25, 0.3) is 5.91 Å². The number of nitriles is 1. The summed E-state index contributed by atoms with van der Waals surface area (Å²) in [6, 6.07) is 16.6. The van der Waals surface area contributed by atoms with Crippen molar-refractivity contribution in [2.24, 2.45) is 0 Å². The van der Waals surface area contributed by atoms with E-state index in [1.54, 1.807) is 30.3 Å². The average molecular weight is 435 g/mol. The highest BCUT2D eigenvalue weighted by molar-refractivity contribution is 5.94. The molecule has 168 valence electrons. The van der Waals surface area contributed by atoms with E-state index in [1.165, 1.54) is 0 Å². The zero-order valence-electron chi connectivity index (χ0n) is 18.5. The lowest BCUT2D eigenvalue weighted by Gasteiger charge is -2.31. The SMILES string of the molecule is CCCNC(=O)CN1CCC(NC(=O)c2cccc(OCc3ccccc3C#N)c2)CC1. The van der Waals surface area contributed by atoms with Crippen molar-refractivity contribution in [3.8, 4) is 11.8 Å². The maximum absolute atomic E-state index is 12.7. The smallest absolute Gasteiger partial charge is 0.251 e. The molecule has 2 amide bonds. The molecule has 0 bridgehead atoms. The molecular formula is C25H30N4O3. The number of carbonyl (C=O) groups is 2. The molecule has 0 spiro atoms. The standard InChI is InChI=1S/C25H30N4O3/c1-2-12-27-24(30)17-29-13-10-22(11-14-29)28-25(31)19-8-5-9-23(15-19)32-18-21-7-4-3-6-20(21)16-26/h3-9,15,22H,2,10-14,17-18H2,1H3,(H,27,30)(H,28,31). The van der Waals surface area contributed by atoms with Crippen LogP contribution in [0, 0.1) is 11.3 Å². The van der Waals surface area contributed by atoms with Gasteiger partial charge in [-0.3, -0.25) is 14.5 Å². The Morgan fingerprint density at radius 3 is 2.69 bits per heavy atom. The minimum absolute atomic E-state index is 0.0588. The predicted octanol–water partition coefficient (Wildman–Crippen LogP) is 2.86. The Labute approximate surface area is 189 Å². The molecule has 7 heteroatoms. The topological polar surface area (TPSA) is 94.5 Å². The van der Waals surface area contributed by atoms with Crippen molar-refractivity contribution in [1.82, 2.24) is 15.5 Å². The van der Waals surface area contributed by atoms with E-state index in [4.69, 9.17) is 4.74 Å². The first-order chi connectivity index (χ1) is 15.6. The van der Waals surface area contributed by atoms with Crippen molar-refractivity contribution in [2.45, 2.75) is 38.8 Å². The molecule has 0 aliphatic carbocycles. The number of amides is 2. The van der Waals surface area contributed by atoms with E-state index in [0.29, 0.717) is 30.0 Å². The summed E-state index contributed by atoms with van der Waals surface area (Å²) in [5.41, 5.74) is 1.92. The fourth-order valence-electron chi connectivity index (χ4n) is 3.67. The van der Waals surface area contributed by atoms with E-state index in [-0.39, 0.29) is 24.5 Å². The van der Waals surface area contributed by atoms with Crippen molar-refractivity contribution < 1.29 is 14.3 Å². The molecule has 0 atom stereocenters. The summed E-state index contributed by atoms with van der Waals surface area (Å²) in [6.07, 6.45) is 2.56. The lowest BCUT2D eigenvalue weighted by Crippen LogP contribution is -2.47. The van der Waals surface area contributed by atoms with Crippen LogP contribution < -0.4 is 15.4 Å². The summed E-state index contributed by atoms with van der Waals surface area (Å²) < 4.78 is 5.82. The monoisotopic (exact) mass is 434 g/mol. The van der Waals surface area contributed by atoms with E-state index in [9.17, 15) is 14.9 Å². The van der Waals surface area contributed by atoms with Crippen molar-refractivity contribution in [3.05, 3.63) is 65.2 Å². The number of benzene rings is 2. The Balaban J connectivity index is 1.48. The maximum atomic E-state index is 12.7. The van der Waals surface area contributed by atoms with E-state index in [1.807, 2.05) is 25.1 Å². The summed E-state index contributed by atoms with van der Waals surface area (Å²) in [5, 5.41) is 15.2. The molecule has 2 N–H and O–H groups in total. The first kappa shape index (κ1) is 23.3. The van der Waals surface area contributed by atoms with Crippen LogP contribution in [0.1, 0.15) is 47.7 Å². The summed E-state index contributed by atoms with van der Waals surface area (Å²) in [7, 11) is 0. The molecule has 1 aliphatic heterocycles. The largest absolute Gasteiger partial charge is 0.489 e. The van der Waals surface area contributed by atoms with Gasteiger partial charge in [0.2, 0.25) is 5.91 Å². The molecule has 3 rings (SSSR count). The number of hydrogen-bond acceptors (Lipinski definition) is 5. The van der Waals surface area contributed by atoms with Gasteiger partial charge in [-0.05, 0) is 43.5 Å². The van der Waals surface area contributed by atoms with Crippen LogP contribution in [0.3, 0.4) is 0 Å². The van der Waals surface area contributed by atoms with Crippen molar-refractivity contribution in [3.63, 3.8) is 0 Å². The normalized spacial score (nSPS) is 14.4. The number of nitrogens with one attached hydrogen (secondary N) is 2. The third-order valence-electron chi connectivity index (χ3n) is 5.49. The molecule has 0 unspecified atom stereocenters. The van der Waals surface area contributed by atoms with Gasteiger partial charge in [0, 0.05) is 36.8 Å². The minimum Gasteiger partial charge on any atom is -0.489 e. The van der Waals surface area contributed by atoms with E-state index >= 15 is 0 Å². The highest BCUT2D eigenvalue weighted by Crippen LogP contribution is 2.18. The van der Waals surface area contributed by atoms with Gasteiger partial charge in [0.05, 0.1) is 18.2 Å². The number of hydrogen-bond donors (Lipinski definition) is 2. The molecule has 0 saturated carbocycles. The summed E-state index contributed by atoms with van der Waals surface area (Å²) in [5.74, 6) is 0.508. The van der Waals surface area contributed by atoms with Crippen LogP contribution in [0.25, 0.3) is 0 Å². The van der Waals surface area contributed by atoms with E-state index in [0.717, 1.165) is 37.9 Å². The zero-order valence-corrected chi connectivity index (χ0v) is 18.5. The second-order valence-corrected chi connectivity index (χ2v) is 7.96. The molecule has 2 aromatic rings. The Kier molecular flexibility index (Phi) is 8.64. The van der Waals surface area contributed by atoms with Crippen LogP contribution in [0.15, 0.2) is 48.5 Å². The van der Waals surface area contributed by atoms with Gasteiger partial charge < -0.3 is 15.4 Å². The lowest BCUT2D eigenvalue weighted by atomic mass is 10.0. The predicted molar refractivity (Wildman–Crippen MR) is 122 cm³/mol. The van der Waals surface area contributed by atoms with Gasteiger partial charge in [0.15, 0.2) is 0 Å². The Hall–Kier alpha value is -3.37. The molecular weight excluding hydrogens is 404 g/mol. The highest BCUT2D eigenvalue weighted by atomic mass is 16.5. The number of ether oxygens (including phenoxy) is 1.